The Hall–Kier alpha value is -0.380. The van der Waals surface area contributed by atoms with E-state index in [9.17, 15) is 0 Å². The van der Waals surface area contributed by atoms with Gasteiger partial charge in [-0.25, -0.2) is 0 Å². The zero-order valence-electron chi connectivity index (χ0n) is 5.82. The number of rotatable bonds is 5. The monoisotopic (exact) mass is 144 g/mol. The first kappa shape index (κ1) is 7.72. The average Bonchev–Trinajstić information content (AvgIpc) is 2.73. The Kier molecular flexibility index (Phi) is 2.86. The normalized spacial score (nSPS) is 25.9. The number of aliphatic hydroxyl groups excluding tert-OH is 1. The van der Waals surface area contributed by atoms with Gasteiger partial charge in [0.05, 0.1) is 19.8 Å². The second kappa shape index (κ2) is 3.71. The fraction of sp³-hybridized carbons (Fsp3) is 0.714. The molecule has 0 radical (unpaired) electrons. The van der Waals surface area contributed by atoms with Gasteiger partial charge >= 0.3 is 0 Å². The van der Waals surface area contributed by atoms with Crippen LogP contribution >= 0.6 is 0 Å². The third kappa shape index (κ3) is 2.10. The van der Waals surface area contributed by atoms with E-state index in [-0.39, 0.29) is 18.8 Å². The fourth-order valence-electron chi connectivity index (χ4n) is 0.761. The standard InChI is InChI=1S/C7H12O3/c1-2-6(7-5-10-7)9-4-3-8/h2,6-8H,1,3-5H2. The Morgan fingerprint density at radius 3 is 3.00 bits per heavy atom. The molecule has 0 aromatic heterocycles. The van der Waals surface area contributed by atoms with Crippen molar-refractivity contribution in [3.05, 3.63) is 12.7 Å². The van der Waals surface area contributed by atoms with Crippen molar-refractivity contribution in [2.75, 3.05) is 19.8 Å². The maximum Gasteiger partial charge on any atom is 0.111 e. The van der Waals surface area contributed by atoms with Crippen LogP contribution in [0.3, 0.4) is 0 Å². The topological polar surface area (TPSA) is 42.0 Å². The molecule has 2 unspecified atom stereocenters. The van der Waals surface area contributed by atoms with Crippen LogP contribution in [-0.2, 0) is 9.47 Å². The van der Waals surface area contributed by atoms with E-state index in [1.54, 1.807) is 6.08 Å². The van der Waals surface area contributed by atoms with E-state index in [0.717, 1.165) is 6.61 Å². The molecule has 1 heterocycles. The molecule has 0 aliphatic carbocycles. The molecule has 0 bridgehead atoms. The molecule has 1 saturated heterocycles. The molecular weight excluding hydrogens is 132 g/mol. The van der Waals surface area contributed by atoms with Gasteiger partial charge in [0.25, 0.3) is 0 Å². The van der Waals surface area contributed by atoms with Crippen LogP contribution < -0.4 is 0 Å². The molecule has 0 aromatic carbocycles. The van der Waals surface area contributed by atoms with Crippen molar-refractivity contribution in [3.63, 3.8) is 0 Å². The van der Waals surface area contributed by atoms with Crippen LogP contribution in [0.25, 0.3) is 0 Å². The fourth-order valence-corrected chi connectivity index (χ4v) is 0.761. The van der Waals surface area contributed by atoms with Crippen LogP contribution in [0, 0.1) is 0 Å². The average molecular weight is 144 g/mol. The van der Waals surface area contributed by atoms with E-state index >= 15 is 0 Å². The predicted octanol–water partition coefficient (Wildman–Crippen LogP) is -0.0513. The van der Waals surface area contributed by atoms with Gasteiger partial charge < -0.3 is 14.6 Å². The van der Waals surface area contributed by atoms with Crippen LogP contribution in [0.1, 0.15) is 0 Å². The quantitative estimate of drug-likeness (QED) is 0.434. The van der Waals surface area contributed by atoms with Gasteiger partial charge in [0.2, 0.25) is 0 Å². The highest BCUT2D eigenvalue weighted by molar-refractivity contribution is 4.92. The van der Waals surface area contributed by atoms with Crippen molar-refractivity contribution in [2.45, 2.75) is 12.2 Å². The summed E-state index contributed by atoms with van der Waals surface area (Å²) in [5.74, 6) is 0. The number of hydrogen-bond acceptors (Lipinski definition) is 3. The lowest BCUT2D eigenvalue weighted by atomic mass is 10.3. The van der Waals surface area contributed by atoms with E-state index in [2.05, 4.69) is 6.58 Å². The zero-order chi connectivity index (χ0) is 7.40. The number of ether oxygens (including phenoxy) is 2. The highest BCUT2D eigenvalue weighted by Crippen LogP contribution is 2.17. The Balaban J connectivity index is 2.12. The van der Waals surface area contributed by atoms with E-state index in [4.69, 9.17) is 14.6 Å². The summed E-state index contributed by atoms with van der Waals surface area (Å²) >= 11 is 0. The molecule has 1 N–H and O–H groups in total. The summed E-state index contributed by atoms with van der Waals surface area (Å²) in [4.78, 5) is 0. The molecular formula is C7H12O3. The second-order valence-electron chi connectivity index (χ2n) is 2.17. The van der Waals surface area contributed by atoms with Crippen molar-refractivity contribution in [3.8, 4) is 0 Å². The molecule has 10 heavy (non-hydrogen) atoms. The van der Waals surface area contributed by atoms with Crippen molar-refractivity contribution in [1.82, 2.24) is 0 Å². The van der Waals surface area contributed by atoms with Gasteiger partial charge in [-0.15, -0.1) is 6.58 Å². The number of aliphatic hydroxyl groups is 1. The first-order valence-corrected chi connectivity index (χ1v) is 3.35. The summed E-state index contributed by atoms with van der Waals surface area (Å²) in [5.41, 5.74) is 0. The minimum Gasteiger partial charge on any atom is -0.394 e. The van der Waals surface area contributed by atoms with Crippen molar-refractivity contribution in [2.24, 2.45) is 0 Å². The van der Waals surface area contributed by atoms with Gasteiger partial charge in [-0.2, -0.15) is 0 Å². The molecule has 0 saturated carbocycles. The van der Waals surface area contributed by atoms with Crippen molar-refractivity contribution < 1.29 is 14.6 Å². The Labute approximate surface area is 60.3 Å². The molecule has 0 spiro atoms. The van der Waals surface area contributed by atoms with E-state index in [0.29, 0.717) is 6.61 Å². The lowest BCUT2D eigenvalue weighted by molar-refractivity contribution is 0.0396. The van der Waals surface area contributed by atoms with Gasteiger partial charge in [0.15, 0.2) is 0 Å². The minimum atomic E-state index is -0.0350. The summed E-state index contributed by atoms with van der Waals surface area (Å²) in [6, 6.07) is 0. The summed E-state index contributed by atoms with van der Waals surface area (Å²) < 4.78 is 10.2. The SMILES string of the molecule is C=CC(OCCO)C1CO1. The van der Waals surface area contributed by atoms with E-state index in [1.807, 2.05) is 0 Å². The molecule has 1 rings (SSSR count). The van der Waals surface area contributed by atoms with E-state index < -0.39 is 0 Å². The third-order valence-electron chi connectivity index (χ3n) is 1.36. The van der Waals surface area contributed by atoms with E-state index in [1.165, 1.54) is 0 Å². The maximum atomic E-state index is 8.41. The molecule has 3 nitrogen and oxygen atoms in total. The highest BCUT2D eigenvalue weighted by Gasteiger charge is 2.31. The molecule has 58 valence electrons. The second-order valence-corrected chi connectivity index (χ2v) is 2.17. The van der Waals surface area contributed by atoms with Gasteiger partial charge in [-0.3, -0.25) is 0 Å². The van der Waals surface area contributed by atoms with Gasteiger partial charge in [0.1, 0.15) is 12.2 Å². The Bertz CT molecular complexity index is 109. The Morgan fingerprint density at radius 1 is 1.90 bits per heavy atom. The van der Waals surface area contributed by atoms with Crippen LogP contribution in [0.4, 0.5) is 0 Å². The molecule has 3 heteroatoms. The minimum absolute atomic E-state index is 0.0350. The predicted molar refractivity (Wildman–Crippen MR) is 36.8 cm³/mol. The lowest BCUT2D eigenvalue weighted by Crippen LogP contribution is -2.18. The van der Waals surface area contributed by atoms with Crippen LogP contribution in [-0.4, -0.2) is 37.1 Å². The van der Waals surface area contributed by atoms with Crippen molar-refractivity contribution >= 4 is 0 Å². The Morgan fingerprint density at radius 2 is 2.60 bits per heavy atom. The van der Waals surface area contributed by atoms with Crippen LogP contribution in [0.5, 0.6) is 0 Å². The lowest BCUT2D eigenvalue weighted by Gasteiger charge is -2.08. The maximum absolute atomic E-state index is 8.41. The molecule has 0 amide bonds. The summed E-state index contributed by atoms with van der Waals surface area (Å²) in [6.07, 6.45) is 1.85. The molecule has 2 atom stereocenters. The smallest absolute Gasteiger partial charge is 0.111 e. The molecule has 1 fully saturated rings. The van der Waals surface area contributed by atoms with Gasteiger partial charge in [0, 0.05) is 0 Å². The summed E-state index contributed by atoms with van der Waals surface area (Å²) in [6.45, 7) is 4.75. The molecule has 1 aliphatic rings. The summed E-state index contributed by atoms with van der Waals surface area (Å²) in [7, 11) is 0. The van der Waals surface area contributed by atoms with Crippen molar-refractivity contribution in [1.29, 1.82) is 0 Å². The van der Waals surface area contributed by atoms with Crippen LogP contribution in [0.2, 0.25) is 0 Å². The largest absolute Gasteiger partial charge is 0.394 e. The van der Waals surface area contributed by atoms with Gasteiger partial charge in [-0.05, 0) is 0 Å². The zero-order valence-corrected chi connectivity index (χ0v) is 5.82. The molecule has 0 aromatic rings. The third-order valence-corrected chi connectivity index (χ3v) is 1.36. The number of hydrogen-bond donors (Lipinski definition) is 1. The first-order chi connectivity index (χ1) is 4.88. The first-order valence-electron chi connectivity index (χ1n) is 3.35. The molecule has 1 aliphatic heterocycles. The highest BCUT2D eigenvalue weighted by atomic mass is 16.6. The number of epoxide rings is 1. The van der Waals surface area contributed by atoms with Gasteiger partial charge in [-0.1, -0.05) is 6.08 Å². The van der Waals surface area contributed by atoms with Crippen LogP contribution in [0.15, 0.2) is 12.7 Å². The summed E-state index contributed by atoms with van der Waals surface area (Å²) in [5, 5.41) is 8.41.